The molecule has 0 bridgehead atoms. The Morgan fingerprint density at radius 2 is 1.70 bits per heavy atom. The molecule has 0 fully saturated rings. The number of amides is 1. The summed E-state index contributed by atoms with van der Waals surface area (Å²) in [6, 6.07) is 9.24. The van der Waals surface area contributed by atoms with Gasteiger partial charge >= 0.3 is 0 Å². The highest BCUT2D eigenvalue weighted by atomic mass is 35.5. The van der Waals surface area contributed by atoms with Gasteiger partial charge in [0.1, 0.15) is 0 Å². The van der Waals surface area contributed by atoms with Crippen LogP contribution >= 0.6 is 11.6 Å². The molecule has 0 aliphatic heterocycles. The third kappa shape index (κ3) is 3.75. The van der Waals surface area contributed by atoms with E-state index in [-0.39, 0.29) is 32.2 Å². The number of benzene rings is 1. The molecule has 1 heterocycles. The Hall–Kier alpha value is -1.82. The fourth-order valence-electron chi connectivity index (χ4n) is 2.69. The molecule has 1 amide bonds. The zero-order chi connectivity index (χ0) is 17.0. The largest absolute Gasteiger partial charge is 0.395 e. The summed E-state index contributed by atoms with van der Waals surface area (Å²) in [4.78, 5) is 14.1. The van der Waals surface area contributed by atoms with Gasteiger partial charge in [-0.3, -0.25) is 4.79 Å². The third-order valence-corrected chi connectivity index (χ3v) is 4.03. The Kier molecular flexibility index (Phi) is 5.82. The summed E-state index contributed by atoms with van der Waals surface area (Å²) in [5, 5.41) is 18.9. The van der Waals surface area contributed by atoms with E-state index < -0.39 is 0 Å². The van der Waals surface area contributed by atoms with Crippen molar-refractivity contribution in [1.29, 1.82) is 0 Å². The van der Waals surface area contributed by atoms with E-state index >= 15 is 0 Å². The van der Waals surface area contributed by atoms with Crippen molar-refractivity contribution in [3.63, 3.8) is 0 Å². The van der Waals surface area contributed by atoms with Crippen LogP contribution in [0.4, 0.5) is 0 Å². The van der Waals surface area contributed by atoms with Gasteiger partial charge in [0.2, 0.25) is 0 Å². The Morgan fingerprint density at radius 1 is 1.13 bits per heavy atom. The molecule has 1 aromatic heterocycles. The van der Waals surface area contributed by atoms with Crippen molar-refractivity contribution in [3.8, 4) is 5.69 Å². The lowest BCUT2D eigenvalue weighted by Crippen LogP contribution is -2.36. The van der Waals surface area contributed by atoms with Crippen LogP contribution in [-0.4, -0.2) is 51.9 Å². The number of hydrogen-bond donors (Lipinski definition) is 2. The fraction of sp³-hybridized carbons (Fsp3) is 0.353. The summed E-state index contributed by atoms with van der Waals surface area (Å²) < 4.78 is 1.99. The minimum atomic E-state index is -0.193. The van der Waals surface area contributed by atoms with Gasteiger partial charge in [0.05, 0.1) is 18.8 Å². The van der Waals surface area contributed by atoms with Gasteiger partial charge in [0.25, 0.3) is 5.91 Å². The van der Waals surface area contributed by atoms with Gasteiger partial charge in [-0.05, 0) is 44.2 Å². The number of carbonyl (C=O) groups excluding carboxylic acids is 1. The molecule has 124 valence electrons. The van der Waals surface area contributed by atoms with Crippen LogP contribution in [0.2, 0.25) is 5.02 Å². The number of aryl methyl sites for hydroxylation is 1. The standard InChI is InChI=1S/C17H21ClN2O3/c1-12-11-16(17(23)19(7-9-21)8-10-22)13(2)20(12)15-5-3-14(18)4-6-15/h3-6,11,21-22H,7-10H2,1-2H3. The molecule has 23 heavy (non-hydrogen) atoms. The second-order valence-electron chi connectivity index (χ2n) is 5.34. The molecule has 0 aliphatic rings. The first kappa shape index (κ1) is 17.5. The number of aliphatic hydroxyl groups excluding tert-OH is 2. The number of carbonyl (C=O) groups is 1. The van der Waals surface area contributed by atoms with E-state index in [1.807, 2.05) is 36.6 Å². The lowest BCUT2D eigenvalue weighted by molar-refractivity contribution is 0.0684. The predicted octanol–water partition coefficient (Wildman–Crippen LogP) is 2.17. The summed E-state index contributed by atoms with van der Waals surface area (Å²) in [6.07, 6.45) is 0. The smallest absolute Gasteiger partial charge is 0.255 e. The molecule has 1 aromatic carbocycles. The Balaban J connectivity index is 2.40. The van der Waals surface area contributed by atoms with E-state index in [0.29, 0.717) is 10.6 Å². The molecule has 6 heteroatoms. The van der Waals surface area contributed by atoms with Gasteiger partial charge in [-0.1, -0.05) is 11.6 Å². The van der Waals surface area contributed by atoms with Crippen LogP contribution in [0.15, 0.2) is 30.3 Å². The number of hydrogen-bond acceptors (Lipinski definition) is 3. The first-order valence-corrected chi connectivity index (χ1v) is 7.83. The number of aromatic nitrogens is 1. The molecule has 0 radical (unpaired) electrons. The van der Waals surface area contributed by atoms with E-state index in [1.165, 1.54) is 4.90 Å². The van der Waals surface area contributed by atoms with Crippen LogP contribution in [0.25, 0.3) is 5.69 Å². The van der Waals surface area contributed by atoms with Crippen LogP contribution in [0.5, 0.6) is 0 Å². The van der Waals surface area contributed by atoms with E-state index in [4.69, 9.17) is 21.8 Å². The summed E-state index contributed by atoms with van der Waals surface area (Å²) in [5.74, 6) is -0.193. The Labute approximate surface area is 140 Å². The first-order valence-electron chi connectivity index (χ1n) is 7.45. The monoisotopic (exact) mass is 336 g/mol. The van der Waals surface area contributed by atoms with Crippen LogP contribution in [-0.2, 0) is 0 Å². The minimum Gasteiger partial charge on any atom is -0.395 e. The van der Waals surface area contributed by atoms with Crippen LogP contribution in [0.1, 0.15) is 21.7 Å². The molecule has 0 saturated heterocycles. The van der Waals surface area contributed by atoms with Crippen molar-refractivity contribution >= 4 is 17.5 Å². The first-order chi connectivity index (χ1) is 11.0. The highest BCUT2D eigenvalue weighted by molar-refractivity contribution is 6.30. The lowest BCUT2D eigenvalue weighted by atomic mass is 10.2. The number of nitrogens with zero attached hydrogens (tertiary/aromatic N) is 2. The summed E-state index contributed by atoms with van der Waals surface area (Å²) in [7, 11) is 0. The molecular formula is C17H21ClN2O3. The maximum atomic E-state index is 12.7. The van der Waals surface area contributed by atoms with Crippen molar-refractivity contribution in [3.05, 3.63) is 52.3 Å². The minimum absolute atomic E-state index is 0.137. The number of rotatable bonds is 6. The molecule has 0 spiro atoms. The fourth-order valence-corrected chi connectivity index (χ4v) is 2.82. The summed E-state index contributed by atoms with van der Waals surface area (Å²) >= 11 is 5.93. The number of aliphatic hydroxyl groups is 2. The van der Waals surface area contributed by atoms with Gasteiger partial charge in [0.15, 0.2) is 0 Å². The van der Waals surface area contributed by atoms with E-state index in [1.54, 1.807) is 12.1 Å². The van der Waals surface area contributed by atoms with Gasteiger partial charge in [-0.25, -0.2) is 0 Å². The topological polar surface area (TPSA) is 65.7 Å². The SMILES string of the molecule is Cc1cc(C(=O)N(CCO)CCO)c(C)n1-c1ccc(Cl)cc1. The molecule has 2 N–H and O–H groups in total. The average Bonchev–Trinajstić information content (AvgIpc) is 2.82. The highest BCUT2D eigenvalue weighted by Crippen LogP contribution is 2.23. The Bertz CT molecular complexity index is 674. The molecule has 0 aliphatic carbocycles. The molecule has 2 rings (SSSR count). The molecule has 2 aromatic rings. The van der Waals surface area contributed by atoms with Crippen LogP contribution in [0, 0.1) is 13.8 Å². The van der Waals surface area contributed by atoms with Crippen molar-refractivity contribution < 1.29 is 15.0 Å². The zero-order valence-electron chi connectivity index (χ0n) is 13.3. The maximum absolute atomic E-state index is 12.7. The van der Waals surface area contributed by atoms with Gasteiger partial charge < -0.3 is 19.7 Å². The molecule has 0 saturated carbocycles. The van der Waals surface area contributed by atoms with Gasteiger partial charge in [0, 0.05) is 35.2 Å². The lowest BCUT2D eigenvalue weighted by Gasteiger charge is -2.20. The van der Waals surface area contributed by atoms with Gasteiger partial charge in [-0.15, -0.1) is 0 Å². The quantitative estimate of drug-likeness (QED) is 0.849. The molecule has 5 nitrogen and oxygen atoms in total. The van der Waals surface area contributed by atoms with E-state index in [9.17, 15) is 4.79 Å². The zero-order valence-corrected chi connectivity index (χ0v) is 14.0. The van der Waals surface area contributed by atoms with Crippen molar-refractivity contribution in [2.24, 2.45) is 0 Å². The third-order valence-electron chi connectivity index (χ3n) is 3.77. The maximum Gasteiger partial charge on any atom is 0.255 e. The predicted molar refractivity (Wildman–Crippen MR) is 90.3 cm³/mol. The van der Waals surface area contributed by atoms with E-state index in [0.717, 1.165) is 17.1 Å². The molecular weight excluding hydrogens is 316 g/mol. The second kappa shape index (κ2) is 7.64. The molecule has 0 atom stereocenters. The molecule has 0 unspecified atom stereocenters. The van der Waals surface area contributed by atoms with Crippen molar-refractivity contribution in [2.45, 2.75) is 13.8 Å². The van der Waals surface area contributed by atoms with Crippen molar-refractivity contribution in [2.75, 3.05) is 26.3 Å². The highest BCUT2D eigenvalue weighted by Gasteiger charge is 2.21. The summed E-state index contributed by atoms with van der Waals surface area (Å²) in [6.45, 7) is 3.93. The normalized spacial score (nSPS) is 10.8. The van der Waals surface area contributed by atoms with Crippen LogP contribution < -0.4 is 0 Å². The van der Waals surface area contributed by atoms with Crippen molar-refractivity contribution in [1.82, 2.24) is 9.47 Å². The number of halogens is 1. The van der Waals surface area contributed by atoms with Gasteiger partial charge in [-0.2, -0.15) is 0 Å². The van der Waals surface area contributed by atoms with Crippen LogP contribution in [0.3, 0.4) is 0 Å². The second-order valence-corrected chi connectivity index (χ2v) is 5.77. The Morgan fingerprint density at radius 3 is 2.22 bits per heavy atom. The average molecular weight is 337 g/mol. The summed E-state index contributed by atoms with van der Waals surface area (Å²) in [5.41, 5.74) is 3.25. The van der Waals surface area contributed by atoms with E-state index in [2.05, 4.69) is 0 Å².